The maximum absolute atomic E-state index is 11.8. The van der Waals surface area contributed by atoms with Gasteiger partial charge in [0.25, 0.3) is 5.78 Å². The summed E-state index contributed by atoms with van der Waals surface area (Å²) in [6.07, 6.45) is 1.14. The van der Waals surface area contributed by atoms with Crippen molar-refractivity contribution in [1.29, 1.82) is 0 Å². The molecule has 0 fully saturated rings. The fraction of sp³-hybridized carbons (Fsp3) is 0.417. The molecular formula is C12H14ClNO4. The van der Waals surface area contributed by atoms with Crippen LogP contribution in [0, 0.1) is 0 Å². The Morgan fingerprint density at radius 1 is 1.44 bits per heavy atom. The summed E-state index contributed by atoms with van der Waals surface area (Å²) in [7, 11) is 0. The van der Waals surface area contributed by atoms with Crippen LogP contribution in [-0.4, -0.2) is 29.4 Å². The highest BCUT2D eigenvalue weighted by molar-refractivity contribution is 6.42. The van der Waals surface area contributed by atoms with E-state index in [9.17, 15) is 9.59 Å². The van der Waals surface area contributed by atoms with E-state index in [1.54, 1.807) is 20.8 Å². The normalized spacial score (nSPS) is 10.3. The van der Waals surface area contributed by atoms with E-state index >= 15 is 0 Å². The average molecular weight is 272 g/mol. The third-order valence-electron chi connectivity index (χ3n) is 1.92. The molecule has 0 saturated carbocycles. The second kappa shape index (κ2) is 6.35. The zero-order chi connectivity index (χ0) is 13.7. The molecule has 0 bridgehead atoms. The number of aromatic nitrogens is 1. The Hall–Kier alpha value is -1.62. The number of Topliss-reactive ketones (excluding diaryl/α,β-unsaturated/α-hetero) is 1. The number of hydrogen-bond acceptors (Lipinski definition) is 5. The lowest BCUT2D eigenvalue weighted by molar-refractivity contribution is -0.137. The van der Waals surface area contributed by atoms with Crippen molar-refractivity contribution in [2.24, 2.45) is 0 Å². The van der Waals surface area contributed by atoms with E-state index in [0.717, 1.165) is 0 Å². The van der Waals surface area contributed by atoms with Gasteiger partial charge in [0.05, 0.1) is 18.3 Å². The molecule has 0 aliphatic rings. The van der Waals surface area contributed by atoms with Crippen molar-refractivity contribution in [2.45, 2.75) is 26.9 Å². The minimum atomic E-state index is -0.937. The van der Waals surface area contributed by atoms with Gasteiger partial charge in [0.2, 0.25) is 0 Å². The van der Waals surface area contributed by atoms with Crippen molar-refractivity contribution in [3.63, 3.8) is 0 Å². The van der Waals surface area contributed by atoms with E-state index in [0.29, 0.717) is 0 Å². The first-order valence-electron chi connectivity index (χ1n) is 5.50. The molecule has 98 valence electrons. The molecule has 1 aromatic heterocycles. The molecule has 0 unspecified atom stereocenters. The summed E-state index contributed by atoms with van der Waals surface area (Å²) in [5.41, 5.74) is 0.0575. The molecule has 0 saturated heterocycles. The van der Waals surface area contributed by atoms with Crippen LogP contribution in [0.4, 0.5) is 0 Å². The third-order valence-corrected chi connectivity index (χ3v) is 2.19. The number of ether oxygens (including phenoxy) is 2. The predicted octanol–water partition coefficient (Wildman–Crippen LogP) is 2.27. The standard InChI is InChI=1S/C12H14ClNO4/c1-4-17-12(16)9(15)8-5-6-14-11(13)10(8)18-7(2)3/h5-7H,4H2,1-3H3. The lowest BCUT2D eigenvalue weighted by Gasteiger charge is -2.13. The van der Waals surface area contributed by atoms with Crippen LogP contribution < -0.4 is 4.74 Å². The van der Waals surface area contributed by atoms with E-state index in [1.165, 1.54) is 12.3 Å². The summed E-state index contributed by atoms with van der Waals surface area (Å²) in [5.74, 6) is -1.63. The maximum atomic E-state index is 11.8. The average Bonchev–Trinajstić information content (AvgIpc) is 2.30. The Kier molecular flexibility index (Phi) is 5.09. The molecule has 0 atom stereocenters. The lowest BCUT2D eigenvalue weighted by atomic mass is 10.1. The van der Waals surface area contributed by atoms with Crippen LogP contribution in [0.25, 0.3) is 0 Å². The van der Waals surface area contributed by atoms with Gasteiger partial charge in [-0.15, -0.1) is 0 Å². The Labute approximate surface area is 110 Å². The van der Waals surface area contributed by atoms with Gasteiger partial charge in [-0.2, -0.15) is 0 Å². The molecule has 0 radical (unpaired) electrons. The van der Waals surface area contributed by atoms with Gasteiger partial charge >= 0.3 is 5.97 Å². The number of carbonyl (C=O) groups is 2. The summed E-state index contributed by atoms with van der Waals surface area (Å²) in [4.78, 5) is 27.1. The van der Waals surface area contributed by atoms with Gasteiger partial charge < -0.3 is 9.47 Å². The minimum absolute atomic E-state index is 0.0406. The highest BCUT2D eigenvalue weighted by atomic mass is 35.5. The molecule has 5 nitrogen and oxygen atoms in total. The quantitative estimate of drug-likeness (QED) is 0.356. The van der Waals surface area contributed by atoms with Gasteiger partial charge in [0, 0.05) is 6.20 Å². The monoisotopic (exact) mass is 271 g/mol. The minimum Gasteiger partial charge on any atom is -0.487 e. The predicted molar refractivity (Wildman–Crippen MR) is 66.0 cm³/mol. The second-order valence-corrected chi connectivity index (χ2v) is 4.05. The highest BCUT2D eigenvalue weighted by Gasteiger charge is 2.24. The fourth-order valence-corrected chi connectivity index (χ4v) is 1.46. The van der Waals surface area contributed by atoms with E-state index in [1.807, 2.05) is 0 Å². The molecule has 6 heteroatoms. The molecule has 0 aromatic carbocycles. The van der Waals surface area contributed by atoms with Crippen molar-refractivity contribution in [3.05, 3.63) is 23.0 Å². The Bertz CT molecular complexity index is 459. The molecule has 18 heavy (non-hydrogen) atoms. The first-order valence-corrected chi connectivity index (χ1v) is 5.87. The SMILES string of the molecule is CCOC(=O)C(=O)c1ccnc(Cl)c1OC(C)C. The molecule has 0 aliphatic carbocycles. The van der Waals surface area contributed by atoms with Gasteiger partial charge in [0.15, 0.2) is 10.9 Å². The van der Waals surface area contributed by atoms with Crippen LogP contribution in [0.2, 0.25) is 5.15 Å². The molecule has 0 amide bonds. The van der Waals surface area contributed by atoms with E-state index in [4.69, 9.17) is 16.3 Å². The van der Waals surface area contributed by atoms with Crippen LogP contribution in [0.3, 0.4) is 0 Å². The van der Waals surface area contributed by atoms with Crippen molar-refractivity contribution < 1.29 is 19.1 Å². The van der Waals surface area contributed by atoms with E-state index in [-0.39, 0.29) is 29.2 Å². The Balaban J connectivity index is 3.11. The molecule has 1 heterocycles. The third kappa shape index (κ3) is 3.43. The van der Waals surface area contributed by atoms with Gasteiger partial charge in [-0.1, -0.05) is 11.6 Å². The van der Waals surface area contributed by atoms with Crippen LogP contribution in [0.5, 0.6) is 5.75 Å². The number of halogens is 1. The zero-order valence-electron chi connectivity index (χ0n) is 10.4. The Morgan fingerprint density at radius 2 is 2.11 bits per heavy atom. The number of rotatable bonds is 5. The zero-order valence-corrected chi connectivity index (χ0v) is 11.2. The van der Waals surface area contributed by atoms with Crippen LogP contribution >= 0.6 is 11.6 Å². The molecular weight excluding hydrogens is 258 g/mol. The summed E-state index contributed by atoms with van der Waals surface area (Å²) in [5, 5.41) is 0.0406. The number of hydrogen-bond donors (Lipinski definition) is 0. The Morgan fingerprint density at radius 3 is 2.67 bits per heavy atom. The smallest absolute Gasteiger partial charge is 0.379 e. The van der Waals surface area contributed by atoms with Crippen molar-refractivity contribution in [2.75, 3.05) is 6.61 Å². The van der Waals surface area contributed by atoms with E-state index < -0.39 is 11.8 Å². The van der Waals surface area contributed by atoms with Crippen molar-refractivity contribution in [3.8, 4) is 5.75 Å². The topological polar surface area (TPSA) is 65.5 Å². The lowest BCUT2D eigenvalue weighted by Crippen LogP contribution is -2.20. The summed E-state index contributed by atoms with van der Waals surface area (Å²) < 4.78 is 10.1. The van der Waals surface area contributed by atoms with Gasteiger partial charge in [-0.25, -0.2) is 9.78 Å². The van der Waals surface area contributed by atoms with Gasteiger partial charge in [-0.05, 0) is 26.8 Å². The van der Waals surface area contributed by atoms with Gasteiger partial charge in [0.1, 0.15) is 0 Å². The highest BCUT2D eigenvalue weighted by Crippen LogP contribution is 2.28. The largest absolute Gasteiger partial charge is 0.487 e. The first-order chi connectivity index (χ1) is 8.47. The fourth-order valence-electron chi connectivity index (χ4n) is 1.26. The number of carbonyl (C=O) groups excluding carboxylic acids is 2. The maximum Gasteiger partial charge on any atom is 0.379 e. The molecule has 0 spiro atoms. The number of ketones is 1. The first kappa shape index (κ1) is 14.4. The molecule has 0 N–H and O–H groups in total. The van der Waals surface area contributed by atoms with Gasteiger partial charge in [-0.3, -0.25) is 4.79 Å². The van der Waals surface area contributed by atoms with Crippen LogP contribution in [0.15, 0.2) is 12.3 Å². The second-order valence-electron chi connectivity index (χ2n) is 3.69. The molecule has 0 aliphatic heterocycles. The van der Waals surface area contributed by atoms with Crippen molar-refractivity contribution in [1.82, 2.24) is 4.98 Å². The number of nitrogens with zero attached hydrogens (tertiary/aromatic N) is 1. The summed E-state index contributed by atoms with van der Waals surface area (Å²) in [6, 6.07) is 1.38. The van der Waals surface area contributed by atoms with Crippen LogP contribution in [0.1, 0.15) is 31.1 Å². The number of esters is 1. The number of pyridine rings is 1. The summed E-state index contributed by atoms with van der Waals surface area (Å²) in [6.45, 7) is 5.31. The van der Waals surface area contributed by atoms with Crippen LogP contribution in [-0.2, 0) is 9.53 Å². The molecule has 1 aromatic rings. The van der Waals surface area contributed by atoms with Crippen molar-refractivity contribution >= 4 is 23.4 Å². The van der Waals surface area contributed by atoms with E-state index in [2.05, 4.69) is 9.72 Å². The molecule has 1 rings (SSSR count). The summed E-state index contributed by atoms with van der Waals surface area (Å²) >= 11 is 5.86.